The molecule has 2 aromatic carbocycles. The number of fused-ring (bicyclic) bond motifs is 3. The van der Waals surface area contributed by atoms with E-state index in [0.29, 0.717) is 23.7 Å². The van der Waals surface area contributed by atoms with Crippen LogP contribution in [0.1, 0.15) is 70.0 Å². The standard InChI is InChI=1S/C31H34N3O/c1-6-18-31(8-3)26-17-16-24(20-25(26)27-11-9-10-19-34(27)28(31)7-2)30-33-32-29(35-30)23-14-12-22(13-15-23)21(4)5/h8-17,19-21,28H,3,6-7,18H2,1-2,4-5H3/q+1. The molecule has 4 aromatic rings. The molecule has 0 radical (unpaired) electrons. The lowest BCUT2D eigenvalue weighted by molar-refractivity contribution is -0.723. The predicted molar refractivity (Wildman–Crippen MR) is 141 cm³/mol. The average Bonchev–Trinajstić information content (AvgIpc) is 3.39. The number of hydrogen-bond acceptors (Lipinski definition) is 3. The maximum atomic E-state index is 6.15. The molecule has 4 heteroatoms. The largest absolute Gasteiger partial charge is 0.416 e. The summed E-state index contributed by atoms with van der Waals surface area (Å²) in [6, 6.07) is 21.7. The fourth-order valence-electron chi connectivity index (χ4n) is 5.77. The Hall–Kier alpha value is -3.53. The molecular weight excluding hydrogens is 430 g/mol. The number of allylic oxidation sites excluding steroid dienone is 1. The van der Waals surface area contributed by atoms with Crippen LogP contribution in [0.5, 0.6) is 0 Å². The highest BCUT2D eigenvalue weighted by Gasteiger charge is 2.48. The smallest absolute Gasteiger partial charge is 0.248 e. The molecule has 0 saturated heterocycles. The molecule has 0 N–H and O–H groups in total. The Morgan fingerprint density at radius 2 is 1.71 bits per heavy atom. The lowest BCUT2D eigenvalue weighted by Crippen LogP contribution is -2.54. The zero-order chi connectivity index (χ0) is 24.6. The SMILES string of the molecule is C=CC1(CCC)c2ccc(-c3nnc(-c4ccc(C(C)C)cc4)o3)cc2-c2cccc[n+]2C1CC. The van der Waals surface area contributed by atoms with E-state index in [1.807, 2.05) is 0 Å². The van der Waals surface area contributed by atoms with Crippen LogP contribution in [0.15, 0.2) is 83.9 Å². The van der Waals surface area contributed by atoms with Crippen molar-refractivity contribution in [2.75, 3.05) is 0 Å². The maximum Gasteiger partial charge on any atom is 0.248 e. The summed E-state index contributed by atoms with van der Waals surface area (Å²) in [5, 5.41) is 8.76. The number of pyridine rings is 1. The van der Waals surface area contributed by atoms with Gasteiger partial charge in [0.25, 0.3) is 0 Å². The molecule has 0 saturated carbocycles. The summed E-state index contributed by atoms with van der Waals surface area (Å²) >= 11 is 0. The molecule has 2 unspecified atom stereocenters. The van der Waals surface area contributed by atoms with Crippen molar-refractivity contribution in [3.63, 3.8) is 0 Å². The van der Waals surface area contributed by atoms with Gasteiger partial charge in [-0.25, -0.2) is 0 Å². The van der Waals surface area contributed by atoms with Crippen molar-refractivity contribution < 1.29 is 8.98 Å². The van der Waals surface area contributed by atoms with Crippen LogP contribution in [0.3, 0.4) is 0 Å². The van der Waals surface area contributed by atoms with Crippen LogP contribution in [0.25, 0.3) is 34.2 Å². The van der Waals surface area contributed by atoms with Gasteiger partial charge in [-0.15, -0.1) is 16.8 Å². The highest BCUT2D eigenvalue weighted by Crippen LogP contribution is 2.48. The van der Waals surface area contributed by atoms with Crippen molar-refractivity contribution in [2.24, 2.45) is 0 Å². The van der Waals surface area contributed by atoms with Crippen LogP contribution < -0.4 is 4.57 Å². The Morgan fingerprint density at radius 1 is 1.00 bits per heavy atom. The normalized spacial score (nSPS) is 18.8. The molecule has 35 heavy (non-hydrogen) atoms. The Balaban J connectivity index is 1.60. The van der Waals surface area contributed by atoms with Crippen LogP contribution in [0, 0.1) is 0 Å². The van der Waals surface area contributed by atoms with Crippen LogP contribution in [-0.4, -0.2) is 10.2 Å². The van der Waals surface area contributed by atoms with E-state index in [1.54, 1.807) is 0 Å². The Morgan fingerprint density at radius 3 is 2.37 bits per heavy atom. The van der Waals surface area contributed by atoms with Crippen molar-refractivity contribution in [2.45, 2.75) is 64.3 Å². The second kappa shape index (κ2) is 9.26. The molecule has 3 heterocycles. The fraction of sp³-hybridized carbons (Fsp3) is 0.323. The number of rotatable bonds is 7. The van der Waals surface area contributed by atoms with E-state index in [-0.39, 0.29) is 5.41 Å². The van der Waals surface area contributed by atoms with Crippen molar-refractivity contribution in [1.29, 1.82) is 0 Å². The Kier molecular flexibility index (Phi) is 6.14. The first-order valence-electron chi connectivity index (χ1n) is 12.7. The summed E-state index contributed by atoms with van der Waals surface area (Å²) in [6.45, 7) is 13.2. The first kappa shape index (κ1) is 23.2. The topological polar surface area (TPSA) is 42.8 Å². The average molecular weight is 465 g/mol. The molecule has 0 bridgehead atoms. The molecule has 2 atom stereocenters. The van der Waals surface area contributed by atoms with Gasteiger partial charge >= 0.3 is 0 Å². The molecule has 4 nitrogen and oxygen atoms in total. The summed E-state index contributed by atoms with van der Waals surface area (Å²) < 4.78 is 8.58. The molecule has 0 fully saturated rings. The summed E-state index contributed by atoms with van der Waals surface area (Å²) in [6.07, 6.45) is 7.57. The third kappa shape index (κ3) is 3.81. The van der Waals surface area contributed by atoms with Gasteiger partial charge in [-0.1, -0.05) is 58.4 Å². The number of aromatic nitrogens is 3. The third-order valence-electron chi connectivity index (χ3n) is 7.53. The summed E-state index contributed by atoms with van der Waals surface area (Å²) in [7, 11) is 0. The lowest BCUT2D eigenvalue weighted by Gasteiger charge is -2.39. The van der Waals surface area contributed by atoms with Gasteiger partial charge in [0, 0.05) is 29.7 Å². The molecule has 0 spiro atoms. The van der Waals surface area contributed by atoms with Crippen molar-refractivity contribution in [3.05, 3.63) is 90.6 Å². The van der Waals surface area contributed by atoms with Gasteiger partial charge in [0.1, 0.15) is 0 Å². The van der Waals surface area contributed by atoms with E-state index in [2.05, 4.69) is 122 Å². The van der Waals surface area contributed by atoms with Gasteiger partial charge in [0.2, 0.25) is 17.5 Å². The first-order chi connectivity index (χ1) is 17.0. The third-order valence-corrected chi connectivity index (χ3v) is 7.53. The number of hydrogen-bond donors (Lipinski definition) is 0. The van der Waals surface area contributed by atoms with Crippen LogP contribution in [-0.2, 0) is 5.41 Å². The predicted octanol–water partition coefficient (Wildman–Crippen LogP) is 7.67. The molecular formula is C31H34N3O+. The van der Waals surface area contributed by atoms with Gasteiger partial charge < -0.3 is 4.42 Å². The quantitative estimate of drug-likeness (QED) is 0.208. The maximum absolute atomic E-state index is 6.15. The molecule has 1 aliphatic heterocycles. The van der Waals surface area contributed by atoms with Gasteiger partial charge in [-0.05, 0) is 53.8 Å². The van der Waals surface area contributed by atoms with Gasteiger partial charge in [0.05, 0.1) is 11.0 Å². The molecule has 2 aromatic heterocycles. The molecule has 1 aliphatic rings. The van der Waals surface area contributed by atoms with E-state index < -0.39 is 0 Å². The minimum atomic E-state index is -0.117. The van der Waals surface area contributed by atoms with Gasteiger partial charge in [0.15, 0.2) is 12.2 Å². The van der Waals surface area contributed by atoms with E-state index >= 15 is 0 Å². The van der Waals surface area contributed by atoms with E-state index in [0.717, 1.165) is 30.4 Å². The van der Waals surface area contributed by atoms with E-state index in [4.69, 9.17) is 4.42 Å². The van der Waals surface area contributed by atoms with Crippen LogP contribution in [0.4, 0.5) is 0 Å². The van der Waals surface area contributed by atoms with Gasteiger partial charge in [-0.2, -0.15) is 4.57 Å². The highest BCUT2D eigenvalue weighted by molar-refractivity contribution is 5.72. The first-order valence-corrected chi connectivity index (χ1v) is 12.7. The van der Waals surface area contributed by atoms with Crippen molar-refractivity contribution in [1.82, 2.24) is 10.2 Å². The summed E-state index contributed by atoms with van der Waals surface area (Å²) in [4.78, 5) is 0. The molecule has 0 aliphatic carbocycles. The van der Waals surface area contributed by atoms with Crippen LogP contribution >= 0.6 is 0 Å². The Labute approximate surface area is 208 Å². The minimum absolute atomic E-state index is 0.117. The molecule has 0 amide bonds. The van der Waals surface area contributed by atoms with Crippen molar-refractivity contribution in [3.8, 4) is 34.2 Å². The number of nitrogens with zero attached hydrogens (tertiary/aromatic N) is 3. The summed E-state index contributed by atoms with van der Waals surface area (Å²) in [5.74, 6) is 1.57. The second-order valence-electron chi connectivity index (χ2n) is 9.86. The number of benzene rings is 2. The highest BCUT2D eigenvalue weighted by atomic mass is 16.4. The lowest BCUT2D eigenvalue weighted by atomic mass is 9.66. The molecule has 178 valence electrons. The fourth-order valence-corrected chi connectivity index (χ4v) is 5.77. The van der Waals surface area contributed by atoms with Gasteiger partial charge in [-0.3, -0.25) is 0 Å². The van der Waals surface area contributed by atoms with E-state index in [1.165, 1.54) is 22.4 Å². The zero-order valence-corrected chi connectivity index (χ0v) is 21.2. The van der Waals surface area contributed by atoms with Crippen LogP contribution in [0.2, 0.25) is 0 Å². The van der Waals surface area contributed by atoms with E-state index in [9.17, 15) is 0 Å². The summed E-state index contributed by atoms with van der Waals surface area (Å²) in [5.41, 5.74) is 6.81. The van der Waals surface area contributed by atoms with Crippen molar-refractivity contribution >= 4 is 0 Å². The Bertz CT molecular complexity index is 1350. The molecule has 5 rings (SSSR count). The second-order valence-corrected chi connectivity index (χ2v) is 9.86. The zero-order valence-electron chi connectivity index (χ0n) is 21.2. The monoisotopic (exact) mass is 464 g/mol. The minimum Gasteiger partial charge on any atom is -0.416 e.